The number of likely N-dealkylation sites (tertiary alicyclic amines) is 1. The van der Waals surface area contributed by atoms with Crippen molar-refractivity contribution >= 4 is 39.1 Å². The van der Waals surface area contributed by atoms with Crippen LogP contribution in [0.5, 0.6) is 0 Å². The van der Waals surface area contributed by atoms with Crippen molar-refractivity contribution in [1.29, 1.82) is 0 Å². The fraction of sp³-hybridized carbons (Fsp3) is 0.533. The first-order valence-electron chi connectivity index (χ1n) is 7.44. The van der Waals surface area contributed by atoms with Crippen molar-refractivity contribution in [3.05, 3.63) is 33.8 Å². The molecule has 1 heterocycles. The Morgan fingerprint density at radius 1 is 1.39 bits per heavy atom. The van der Waals surface area contributed by atoms with Crippen LogP contribution in [0.15, 0.2) is 18.2 Å². The van der Waals surface area contributed by atoms with Crippen LogP contribution in [0.2, 0.25) is 10.0 Å². The lowest BCUT2D eigenvalue weighted by Crippen LogP contribution is -2.49. The third kappa shape index (κ3) is 5.64. The maximum atomic E-state index is 12.4. The van der Waals surface area contributed by atoms with E-state index in [1.807, 2.05) is 6.07 Å². The molecule has 0 aliphatic carbocycles. The van der Waals surface area contributed by atoms with E-state index in [9.17, 15) is 13.2 Å². The zero-order valence-electron chi connectivity index (χ0n) is 12.9. The van der Waals surface area contributed by atoms with E-state index in [-0.39, 0.29) is 11.9 Å². The number of benzene rings is 1. The summed E-state index contributed by atoms with van der Waals surface area (Å²) in [6, 6.07) is 5.16. The molecule has 0 bridgehead atoms. The number of amides is 1. The van der Waals surface area contributed by atoms with Crippen molar-refractivity contribution in [2.45, 2.75) is 31.7 Å². The molecule has 1 aliphatic heterocycles. The van der Waals surface area contributed by atoms with Crippen molar-refractivity contribution < 1.29 is 13.2 Å². The summed E-state index contributed by atoms with van der Waals surface area (Å²) in [6.45, 7) is 1.07. The van der Waals surface area contributed by atoms with Crippen molar-refractivity contribution in [1.82, 2.24) is 9.62 Å². The minimum Gasteiger partial charge on any atom is -0.341 e. The fourth-order valence-electron chi connectivity index (χ4n) is 2.74. The monoisotopic (exact) mass is 378 g/mol. The number of sulfonamides is 1. The van der Waals surface area contributed by atoms with Crippen LogP contribution in [0.4, 0.5) is 0 Å². The maximum absolute atomic E-state index is 12.4. The summed E-state index contributed by atoms with van der Waals surface area (Å²) < 4.78 is 25.2. The maximum Gasteiger partial charge on any atom is 0.222 e. The quantitative estimate of drug-likeness (QED) is 0.855. The Hall–Kier alpha value is -0.820. The van der Waals surface area contributed by atoms with E-state index in [2.05, 4.69) is 4.72 Å². The normalized spacial score (nSPS) is 18.9. The fourth-order valence-corrected chi connectivity index (χ4v) is 3.96. The first-order chi connectivity index (χ1) is 10.8. The summed E-state index contributed by atoms with van der Waals surface area (Å²) in [7, 11) is -3.26. The number of carbonyl (C=O) groups excluding carboxylic acids is 1. The van der Waals surface area contributed by atoms with Crippen LogP contribution in [0.25, 0.3) is 0 Å². The number of nitrogens with zero attached hydrogens (tertiary/aromatic N) is 1. The average molecular weight is 379 g/mol. The van der Waals surface area contributed by atoms with E-state index in [1.165, 1.54) is 0 Å². The molecule has 1 aromatic rings. The number of hydrogen-bond acceptors (Lipinski definition) is 3. The number of carbonyl (C=O) groups is 1. The first-order valence-corrected chi connectivity index (χ1v) is 10.1. The van der Waals surface area contributed by atoms with Gasteiger partial charge in [-0.25, -0.2) is 13.1 Å². The lowest BCUT2D eigenvalue weighted by Gasteiger charge is -2.32. The molecule has 5 nitrogen and oxygen atoms in total. The van der Waals surface area contributed by atoms with Gasteiger partial charge in [0.25, 0.3) is 0 Å². The number of halogens is 2. The van der Waals surface area contributed by atoms with E-state index in [4.69, 9.17) is 23.2 Å². The van der Waals surface area contributed by atoms with Gasteiger partial charge in [0, 0.05) is 25.6 Å². The van der Waals surface area contributed by atoms with Crippen LogP contribution >= 0.6 is 23.2 Å². The number of rotatable bonds is 5. The van der Waals surface area contributed by atoms with E-state index in [1.54, 1.807) is 17.0 Å². The van der Waals surface area contributed by atoms with Crippen molar-refractivity contribution in [3.63, 3.8) is 0 Å². The third-order valence-electron chi connectivity index (χ3n) is 3.79. The summed E-state index contributed by atoms with van der Waals surface area (Å²) in [5, 5.41) is 0.962. The highest BCUT2D eigenvalue weighted by atomic mass is 35.5. The molecule has 1 aliphatic rings. The standard InChI is InChI=1S/C15H20Cl2N2O3S/c1-23(21,22)18-12-5-3-9-19(10-12)14(20)8-7-11-4-2-6-13(16)15(11)17/h2,4,6,12,18H,3,5,7-10H2,1H3. The second-order valence-electron chi connectivity index (χ2n) is 5.78. The summed E-state index contributed by atoms with van der Waals surface area (Å²) in [4.78, 5) is 14.1. The molecule has 1 fully saturated rings. The molecule has 1 N–H and O–H groups in total. The number of piperidine rings is 1. The van der Waals surface area contributed by atoms with Crippen molar-refractivity contribution in [3.8, 4) is 0 Å². The van der Waals surface area contributed by atoms with Crippen LogP contribution in [0.1, 0.15) is 24.8 Å². The van der Waals surface area contributed by atoms with Gasteiger partial charge in [0.2, 0.25) is 15.9 Å². The van der Waals surface area contributed by atoms with Crippen molar-refractivity contribution in [2.75, 3.05) is 19.3 Å². The smallest absolute Gasteiger partial charge is 0.222 e. The molecule has 1 aromatic carbocycles. The van der Waals surface area contributed by atoms with Crippen LogP contribution in [-0.4, -0.2) is 44.6 Å². The Labute approximate surface area is 147 Å². The number of nitrogens with one attached hydrogen (secondary N) is 1. The molecule has 23 heavy (non-hydrogen) atoms. The second kappa shape index (κ2) is 7.83. The summed E-state index contributed by atoms with van der Waals surface area (Å²) in [6.07, 6.45) is 3.51. The second-order valence-corrected chi connectivity index (χ2v) is 8.35. The van der Waals surface area contributed by atoms with Gasteiger partial charge in [0.05, 0.1) is 16.3 Å². The highest BCUT2D eigenvalue weighted by Crippen LogP contribution is 2.26. The van der Waals surface area contributed by atoms with Gasteiger partial charge in [0.1, 0.15) is 0 Å². The van der Waals surface area contributed by atoms with Gasteiger partial charge >= 0.3 is 0 Å². The lowest BCUT2D eigenvalue weighted by atomic mass is 10.0. The van der Waals surface area contributed by atoms with Crippen LogP contribution in [-0.2, 0) is 21.2 Å². The molecule has 1 unspecified atom stereocenters. The van der Waals surface area contributed by atoms with Gasteiger partial charge in [-0.2, -0.15) is 0 Å². The van der Waals surface area contributed by atoms with Gasteiger partial charge < -0.3 is 4.90 Å². The van der Waals surface area contributed by atoms with Gasteiger partial charge in [-0.3, -0.25) is 4.79 Å². The molecule has 0 radical (unpaired) electrons. The van der Waals surface area contributed by atoms with E-state index < -0.39 is 10.0 Å². The van der Waals surface area contributed by atoms with E-state index in [0.717, 1.165) is 24.7 Å². The number of hydrogen-bond donors (Lipinski definition) is 1. The molecular weight excluding hydrogens is 359 g/mol. The molecule has 0 saturated carbocycles. The SMILES string of the molecule is CS(=O)(=O)NC1CCCN(C(=O)CCc2cccc(Cl)c2Cl)C1. The molecule has 128 valence electrons. The molecule has 2 rings (SSSR count). The highest BCUT2D eigenvalue weighted by Gasteiger charge is 2.25. The zero-order valence-corrected chi connectivity index (χ0v) is 15.2. The Bertz CT molecular complexity index is 679. The molecule has 1 saturated heterocycles. The molecule has 0 aromatic heterocycles. The summed E-state index contributed by atoms with van der Waals surface area (Å²) in [5.41, 5.74) is 0.843. The molecule has 1 atom stereocenters. The van der Waals surface area contributed by atoms with E-state index in [0.29, 0.717) is 36.0 Å². The average Bonchev–Trinajstić information content (AvgIpc) is 2.47. The van der Waals surface area contributed by atoms with Gasteiger partial charge in [-0.05, 0) is 30.9 Å². The Balaban J connectivity index is 1.91. The van der Waals surface area contributed by atoms with Gasteiger partial charge in [-0.15, -0.1) is 0 Å². The topological polar surface area (TPSA) is 66.5 Å². The molecule has 1 amide bonds. The molecule has 0 spiro atoms. The zero-order chi connectivity index (χ0) is 17.0. The molecule has 8 heteroatoms. The summed E-state index contributed by atoms with van der Waals surface area (Å²) in [5.74, 6) is 0.000966. The first kappa shape index (κ1) is 18.5. The van der Waals surface area contributed by atoms with Gasteiger partial charge in [0.15, 0.2) is 0 Å². The highest BCUT2D eigenvalue weighted by molar-refractivity contribution is 7.88. The third-order valence-corrected chi connectivity index (χ3v) is 5.41. The Morgan fingerprint density at radius 3 is 2.83 bits per heavy atom. The molecular formula is C15H20Cl2N2O3S. The van der Waals surface area contributed by atoms with Crippen molar-refractivity contribution in [2.24, 2.45) is 0 Å². The largest absolute Gasteiger partial charge is 0.341 e. The predicted octanol–water partition coefficient (Wildman–Crippen LogP) is 2.47. The predicted molar refractivity (Wildman–Crippen MR) is 92.4 cm³/mol. The van der Waals surface area contributed by atoms with E-state index >= 15 is 0 Å². The Kier molecular flexibility index (Phi) is 6.31. The number of aryl methyl sites for hydroxylation is 1. The van der Waals surface area contributed by atoms with Crippen LogP contribution in [0, 0.1) is 0 Å². The van der Waals surface area contributed by atoms with Crippen LogP contribution in [0.3, 0.4) is 0 Å². The van der Waals surface area contributed by atoms with Crippen LogP contribution < -0.4 is 4.72 Å². The lowest BCUT2D eigenvalue weighted by molar-refractivity contribution is -0.132. The minimum atomic E-state index is -3.26. The minimum absolute atomic E-state index is 0.000966. The van der Waals surface area contributed by atoms with Gasteiger partial charge in [-0.1, -0.05) is 35.3 Å². The summed E-state index contributed by atoms with van der Waals surface area (Å²) >= 11 is 12.1. The Morgan fingerprint density at radius 2 is 2.13 bits per heavy atom.